The van der Waals surface area contributed by atoms with Crippen LogP contribution in [0.2, 0.25) is 0 Å². The highest BCUT2D eigenvalue weighted by Crippen LogP contribution is 1.87. The number of hydrogen-bond donors (Lipinski definition) is 3. The van der Waals surface area contributed by atoms with Crippen molar-refractivity contribution in [1.29, 1.82) is 0 Å². The van der Waals surface area contributed by atoms with Crippen molar-refractivity contribution >= 4 is 22.9 Å². The van der Waals surface area contributed by atoms with Crippen LogP contribution < -0.4 is 10.6 Å². The van der Waals surface area contributed by atoms with E-state index in [1.165, 1.54) is 14.0 Å². The molecule has 0 aliphatic carbocycles. The Morgan fingerprint density at radius 1 is 1.54 bits per heavy atom. The number of likely N-dealkylation sites (N-methyl/N-ethyl adjacent to an activating group) is 1. The molecule has 2 unspecified atom stereocenters. The molecule has 0 aliphatic heterocycles. The highest BCUT2D eigenvalue weighted by atomic mass is 32.2. The monoisotopic (exact) mass is 208 g/mol. The Labute approximate surface area is 78.4 Å². The minimum Gasteiger partial charge on any atom is -0.357 e. The quantitative estimate of drug-likeness (QED) is 0.488. The first kappa shape index (κ1) is 12.0. The second-order valence-electron chi connectivity index (χ2n) is 2.36. The molecule has 0 spiro atoms. The van der Waals surface area contributed by atoms with Gasteiger partial charge in [-0.1, -0.05) is 0 Å². The van der Waals surface area contributed by atoms with Gasteiger partial charge in [-0.3, -0.25) is 9.59 Å². The van der Waals surface area contributed by atoms with E-state index in [9.17, 15) is 13.8 Å². The lowest BCUT2D eigenvalue weighted by atomic mass is 10.3. The molecule has 2 atom stereocenters. The smallest absolute Gasteiger partial charge is 0.243 e. The van der Waals surface area contributed by atoms with Crippen molar-refractivity contribution < 1.29 is 18.4 Å². The maximum absolute atomic E-state index is 11.0. The summed E-state index contributed by atoms with van der Waals surface area (Å²) in [6.07, 6.45) is 0. The van der Waals surface area contributed by atoms with Gasteiger partial charge < -0.3 is 15.2 Å². The molecule has 0 fully saturated rings. The van der Waals surface area contributed by atoms with E-state index in [1.54, 1.807) is 0 Å². The van der Waals surface area contributed by atoms with E-state index in [2.05, 4.69) is 10.6 Å². The lowest BCUT2D eigenvalue weighted by molar-refractivity contribution is -0.127. The maximum atomic E-state index is 11.0. The van der Waals surface area contributed by atoms with Crippen LogP contribution in [0.3, 0.4) is 0 Å². The molecule has 0 aliphatic rings. The van der Waals surface area contributed by atoms with Gasteiger partial charge in [-0.2, -0.15) is 0 Å². The minimum absolute atomic E-state index is 0.306. The summed E-state index contributed by atoms with van der Waals surface area (Å²) < 4.78 is 18.9. The van der Waals surface area contributed by atoms with Gasteiger partial charge >= 0.3 is 0 Å². The first-order valence-electron chi connectivity index (χ1n) is 3.53. The molecule has 6 nitrogen and oxygen atoms in total. The Bertz CT molecular complexity index is 215. The van der Waals surface area contributed by atoms with Crippen LogP contribution in [0.4, 0.5) is 0 Å². The standard InChI is InChI=1S/C6H12N2O4S/c1-4(9)8-5(3-13(11)12)6(10)7-2/h5H,3H2,1-2H3,(H,7,10)(H,8,9)(H,11,12). The normalized spacial score (nSPS) is 14.4. The van der Waals surface area contributed by atoms with Crippen molar-refractivity contribution in [2.24, 2.45) is 0 Å². The molecule has 13 heavy (non-hydrogen) atoms. The van der Waals surface area contributed by atoms with Crippen LogP contribution in [0, 0.1) is 0 Å². The molecule has 0 heterocycles. The molecule has 0 saturated carbocycles. The molecule has 76 valence electrons. The van der Waals surface area contributed by atoms with E-state index in [4.69, 9.17) is 4.55 Å². The van der Waals surface area contributed by atoms with Crippen LogP contribution >= 0.6 is 0 Å². The summed E-state index contributed by atoms with van der Waals surface area (Å²) in [6.45, 7) is 1.23. The molecule has 2 amide bonds. The second-order valence-corrected chi connectivity index (χ2v) is 3.33. The lowest BCUT2D eigenvalue weighted by Gasteiger charge is -2.13. The summed E-state index contributed by atoms with van der Waals surface area (Å²) in [4.78, 5) is 21.6. The highest BCUT2D eigenvalue weighted by Gasteiger charge is 2.19. The molecule has 0 rings (SSSR count). The third-order valence-electron chi connectivity index (χ3n) is 1.25. The molecule has 0 radical (unpaired) electrons. The number of rotatable bonds is 4. The summed E-state index contributed by atoms with van der Waals surface area (Å²) in [5.74, 6) is -1.21. The van der Waals surface area contributed by atoms with E-state index >= 15 is 0 Å². The van der Waals surface area contributed by atoms with Crippen molar-refractivity contribution in [3.63, 3.8) is 0 Å². The van der Waals surface area contributed by atoms with Gasteiger partial charge in [0, 0.05) is 14.0 Å². The molecule has 0 aromatic heterocycles. The fraction of sp³-hybridized carbons (Fsp3) is 0.667. The molecule has 0 saturated heterocycles. The Balaban J connectivity index is 4.26. The first-order chi connectivity index (χ1) is 5.97. The van der Waals surface area contributed by atoms with Crippen LogP contribution in [-0.4, -0.2) is 39.4 Å². The van der Waals surface area contributed by atoms with Gasteiger partial charge in [0.2, 0.25) is 11.8 Å². The first-order valence-corrected chi connectivity index (χ1v) is 4.81. The van der Waals surface area contributed by atoms with E-state index < -0.39 is 28.9 Å². The Hall–Kier alpha value is -0.950. The highest BCUT2D eigenvalue weighted by molar-refractivity contribution is 7.79. The van der Waals surface area contributed by atoms with E-state index in [-0.39, 0.29) is 5.75 Å². The average molecular weight is 208 g/mol. The zero-order chi connectivity index (χ0) is 10.4. The minimum atomic E-state index is -2.11. The summed E-state index contributed by atoms with van der Waals surface area (Å²) >= 11 is -2.11. The predicted octanol–water partition coefficient (Wildman–Crippen LogP) is -1.54. The number of hydrogen-bond acceptors (Lipinski definition) is 3. The number of carbonyl (C=O) groups excluding carboxylic acids is 2. The molecule has 0 aromatic carbocycles. The van der Waals surface area contributed by atoms with Crippen LogP contribution in [0.1, 0.15) is 6.92 Å². The van der Waals surface area contributed by atoms with Crippen molar-refractivity contribution in [3.8, 4) is 0 Å². The van der Waals surface area contributed by atoms with Gasteiger partial charge in [0.05, 0.1) is 5.75 Å². The van der Waals surface area contributed by atoms with Crippen LogP contribution in [-0.2, 0) is 20.7 Å². The predicted molar refractivity (Wildman–Crippen MR) is 47.3 cm³/mol. The zero-order valence-electron chi connectivity index (χ0n) is 7.36. The van der Waals surface area contributed by atoms with Gasteiger partial charge in [-0.15, -0.1) is 0 Å². The molecule has 3 N–H and O–H groups in total. The Kier molecular flexibility index (Phi) is 5.24. The third-order valence-corrected chi connectivity index (χ3v) is 1.87. The Morgan fingerprint density at radius 3 is 2.38 bits per heavy atom. The molecule has 0 bridgehead atoms. The van der Waals surface area contributed by atoms with Crippen LogP contribution in [0.25, 0.3) is 0 Å². The zero-order valence-corrected chi connectivity index (χ0v) is 8.18. The van der Waals surface area contributed by atoms with Crippen LogP contribution in [0.15, 0.2) is 0 Å². The summed E-state index contributed by atoms with van der Waals surface area (Å²) in [5, 5.41) is 4.53. The Morgan fingerprint density at radius 2 is 2.08 bits per heavy atom. The topological polar surface area (TPSA) is 95.5 Å². The number of carbonyl (C=O) groups is 2. The van der Waals surface area contributed by atoms with Gasteiger partial charge in [0.1, 0.15) is 6.04 Å². The summed E-state index contributed by atoms with van der Waals surface area (Å²) in [7, 11) is 1.39. The van der Waals surface area contributed by atoms with E-state index in [0.717, 1.165) is 0 Å². The van der Waals surface area contributed by atoms with Crippen molar-refractivity contribution in [2.75, 3.05) is 12.8 Å². The van der Waals surface area contributed by atoms with Gasteiger partial charge in [0.25, 0.3) is 0 Å². The van der Waals surface area contributed by atoms with Crippen molar-refractivity contribution in [3.05, 3.63) is 0 Å². The molecular weight excluding hydrogens is 196 g/mol. The van der Waals surface area contributed by atoms with Gasteiger partial charge in [0.15, 0.2) is 11.1 Å². The summed E-state index contributed by atoms with van der Waals surface area (Å²) in [5.41, 5.74) is 0. The number of amides is 2. The number of nitrogens with one attached hydrogen (secondary N) is 2. The fourth-order valence-electron chi connectivity index (χ4n) is 0.745. The maximum Gasteiger partial charge on any atom is 0.243 e. The van der Waals surface area contributed by atoms with Gasteiger partial charge in [-0.05, 0) is 0 Å². The molecule has 7 heteroatoms. The average Bonchev–Trinajstić information content (AvgIpc) is 2.00. The SMILES string of the molecule is CNC(=O)C(CS(=O)O)NC(C)=O. The van der Waals surface area contributed by atoms with E-state index in [0.29, 0.717) is 0 Å². The largest absolute Gasteiger partial charge is 0.357 e. The van der Waals surface area contributed by atoms with Gasteiger partial charge in [-0.25, -0.2) is 4.21 Å². The second kappa shape index (κ2) is 5.65. The molecular formula is C6H12N2O4S. The fourth-order valence-corrected chi connectivity index (χ4v) is 1.26. The van der Waals surface area contributed by atoms with Crippen LogP contribution in [0.5, 0.6) is 0 Å². The summed E-state index contributed by atoms with van der Waals surface area (Å²) in [6, 6.07) is -0.951. The van der Waals surface area contributed by atoms with E-state index in [1.807, 2.05) is 0 Å². The lowest BCUT2D eigenvalue weighted by Crippen LogP contribution is -2.48. The third kappa shape index (κ3) is 5.31. The van der Waals surface area contributed by atoms with Crippen molar-refractivity contribution in [1.82, 2.24) is 10.6 Å². The van der Waals surface area contributed by atoms with Crippen molar-refractivity contribution in [2.45, 2.75) is 13.0 Å². The molecule has 0 aromatic rings.